The lowest BCUT2D eigenvalue weighted by Crippen LogP contribution is -1.97. The van der Waals surface area contributed by atoms with Crippen molar-refractivity contribution < 1.29 is 9.15 Å². The fraction of sp³-hybridized carbons (Fsp3) is 0.0833. The van der Waals surface area contributed by atoms with Crippen molar-refractivity contribution in [2.75, 3.05) is 7.11 Å². The Bertz CT molecular complexity index is 443. The number of ether oxygens (including phenoxy) is 1. The molecule has 0 saturated heterocycles. The second kappa shape index (κ2) is 4.28. The van der Waals surface area contributed by atoms with Crippen LogP contribution in [0.4, 0.5) is 0 Å². The number of rotatable bonds is 3. The van der Waals surface area contributed by atoms with Gasteiger partial charge in [0.05, 0.1) is 18.2 Å². The molecule has 1 aromatic heterocycles. The van der Waals surface area contributed by atoms with Crippen molar-refractivity contribution in [1.82, 2.24) is 0 Å². The average molecular weight is 218 g/mol. The van der Waals surface area contributed by atoms with Crippen LogP contribution in [-0.4, -0.2) is 12.0 Å². The maximum absolute atomic E-state index is 5.29. The molecule has 1 heterocycles. The van der Waals surface area contributed by atoms with Gasteiger partial charge in [-0.25, -0.2) is 0 Å². The van der Waals surface area contributed by atoms with Gasteiger partial charge in [-0.3, -0.25) is 0 Å². The second-order valence-electron chi connectivity index (χ2n) is 3.03. The molecule has 0 aliphatic rings. The quantitative estimate of drug-likeness (QED) is 0.584. The predicted molar refractivity (Wildman–Crippen MR) is 62.5 cm³/mol. The monoisotopic (exact) mass is 218 g/mol. The molecule has 0 aliphatic heterocycles. The summed E-state index contributed by atoms with van der Waals surface area (Å²) in [6.07, 6.45) is 1.62. The third-order valence-electron chi connectivity index (χ3n) is 2.10. The molecule has 0 N–H and O–H groups in total. The van der Waals surface area contributed by atoms with Crippen LogP contribution in [0.3, 0.4) is 0 Å². The molecule has 0 spiro atoms. The number of hydrogen-bond acceptors (Lipinski definition) is 3. The number of thiocarbonyl (C=S) groups is 1. The van der Waals surface area contributed by atoms with Gasteiger partial charge >= 0.3 is 0 Å². The van der Waals surface area contributed by atoms with Crippen LogP contribution in [0.25, 0.3) is 0 Å². The van der Waals surface area contributed by atoms with E-state index in [0.717, 1.165) is 17.1 Å². The summed E-state index contributed by atoms with van der Waals surface area (Å²) >= 11 is 5.29. The zero-order chi connectivity index (χ0) is 10.7. The van der Waals surface area contributed by atoms with Gasteiger partial charge in [0.15, 0.2) is 0 Å². The van der Waals surface area contributed by atoms with Crippen molar-refractivity contribution in [1.29, 1.82) is 0 Å². The van der Waals surface area contributed by atoms with Gasteiger partial charge in [-0.05, 0) is 42.0 Å². The Labute approximate surface area is 93.5 Å². The van der Waals surface area contributed by atoms with Crippen molar-refractivity contribution in [2.45, 2.75) is 0 Å². The lowest BCUT2D eigenvalue weighted by Gasteiger charge is -2.02. The maximum Gasteiger partial charge on any atom is 0.145 e. The highest BCUT2D eigenvalue weighted by atomic mass is 32.1. The summed E-state index contributed by atoms with van der Waals surface area (Å²) < 4.78 is 10.3. The predicted octanol–water partition coefficient (Wildman–Crippen LogP) is 3.05. The van der Waals surface area contributed by atoms with Crippen molar-refractivity contribution in [3.05, 3.63) is 54.0 Å². The van der Waals surface area contributed by atoms with Gasteiger partial charge in [-0.1, -0.05) is 12.2 Å². The molecule has 15 heavy (non-hydrogen) atoms. The minimum atomic E-state index is 0.711. The highest BCUT2D eigenvalue weighted by molar-refractivity contribution is 7.81. The molecule has 0 fully saturated rings. The van der Waals surface area contributed by atoms with Gasteiger partial charge in [-0.15, -0.1) is 0 Å². The van der Waals surface area contributed by atoms with Crippen molar-refractivity contribution in [3.8, 4) is 5.75 Å². The van der Waals surface area contributed by atoms with Crippen molar-refractivity contribution in [3.63, 3.8) is 0 Å². The molecule has 0 bridgehead atoms. The normalized spacial score (nSPS) is 9.93. The third-order valence-corrected chi connectivity index (χ3v) is 2.53. The second-order valence-corrected chi connectivity index (χ2v) is 3.44. The van der Waals surface area contributed by atoms with Crippen LogP contribution in [0.15, 0.2) is 47.1 Å². The van der Waals surface area contributed by atoms with Crippen LogP contribution in [-0.2, 0) is 0 Å². The molecule has 0 saturated carbocycles. The van der Waals surface area contributed by atoms with Crippen LogP contribution in [0, 0.1) is 0 Å². The average Bonchev–Trinajstić information content (AvgIpc) is 2.82. The van der Waals surface area contributed by atoms with Gasteiger partial charge in [0.25, 0.3) is 0 Å². The van der Waals surface area contributed by atoms with Crippen LogP contribution in [0.1, 0.15) is 11.3 Å². The van der Waals surface area contributed by atoms with Gasteiger partial charge in [0.1, 0.15) is 11.5 Å². The number of methoxy groups -OCH3 is 1. The smallest absolute Gasteiger partial charge is 0.145 e. The lowest BCUT2D eigenvalue weighted by molar-refractivity contribution is 0.415. The van der Waals surface area contributed by atoms with E-state index in [2.05, 4.69) is 0 Å². The summed E-state index contributed by atoms with van der Waals surface area (Å²) in [4.78, 5) is 0.711. The first-order valence-corrected chi connectivity index (χ1v) is 4.94. The first-order chi connectivity index (χ1) is 7.31. The highest BCUT2D eigenvalue weighted by Gasteiger charge is 2.06. The minimum Gasteiger partial charge on any atom is -0.497 e. The molecule has 76 valence electrons. The summed E-state index contributed by atoms with van der Waals surface area (Å²) in [6, 6.07) is 11.3. The Morgan fingerprint density at radius 1 is 1.20 bits per heavy atom. The van der Waals surface area contributed by atoms with Gasteiger partial charge in [-0.2, -0.15) is 0 Å². The minimum absolute atomic E-state index is 0.711. The zero-order valence-electron chi connectivity index (χ0n) is 8.27. The van der Waals surface area contributed by atoms with Crippen LogP contribution in [0.5, 0.6) is 5.75 Å². The van der Waals surface area contributed by atoms with E-state index in [0.29, 0.717) is 4.86 Å². The van der Waals surface area contributed by atoms with E-state index in [1.54, 1.807) is 13.4 Å². The van der Waals surface area contributed by atoms with Crippen LogP contribution >= 0.6 is 12.2 Å². The number of hydrogen-bond donors (Lipinski definition) is 0. The topological polar surface area (TPSA) is 22.4 Å². The lowest BCUT2D eigenvalue weighted by atomic mass is 10.1. The van der Waals surface area contributed by atoms with E-state index in [1.165, 1.54) is 0 Å². The Balaban J connectivity index is 2.27. The molecular weight excluding hydrogens is 208 g/mol. The summed E-state index contributed by atoms with van der Waals surface area (Å²) in [7, 11) is 1.64. The summed E-state index contributed by atoms with van der Waals surface area (Å²) in [5.41, 5.74) is 0.959. The summed E-state index contributed by atoms with van der Waals surface area (Å²) in [6.45, 7) is 0. The Kier molecular flexibility index (Phi) is 2.83. The Morgan fingerprint density at radius 3 is 2.47 bits per heavy atom. The molecule has 0 aliphatic carbocycles. The standard InChI is InChI=1S/C12H10O2S/c1-13-10-6-4-9(5-7-10)12(15)11-3-2-8-14-11/h2-8H,1H3. The molecular formula is C12H10O2S. The third kappa shape index (κ3) is 2.07. The molecule has 1 aromatic carbocycles. The number of furan rings is 1. The summed E-state index contributed by atoms with van der Waals surface area (Å²) in [5, 5.41) is 0. The van der Waals surface area contributed by atoms with Gasteiger partial charge in [0.2, 0.25) is 0 Å². The van der Waals surface area contributed by atoms with E-state index in [9.17, 15) is 0 Å². The molecule has 2 rings (SSSR count). The molecule has 0 radical (unpaired) electrons. The Morgan fingerprint density at radius 2 is 1.93 bits per heavy atom. The fourth-order valence-corrected chi connectivity index (χ4v) is 1.54. The van der Waals surface area contributed by atoms with E-state index in [4.69, 9.17) is 21.4 Å². The fourth-order valence-electron chi connectivity index (χ4n) is 1.29. The van der Waals surface area contributed by atoms with E-state index >= 15 is 0 Å². The number of benzene rings is 1. The largest absolute Gasteiger partial charge is 0.497 e. The van der Waals surface area contributed by atoms with Crippen molar-refractivity contribution >= 4 is 17.1 Å². The zero-order valence-corrected chi connectivity index (χ0v) is 9.08. The molecule has 3 heteroatoms. The molecule has 0 unspecified atom stereocenters. The summed E-state index contributed by atoms with van der Waals surface area (Å²) in [5.74, 6) is 1.54. The first kappa shape index (κ1) is 9.93. The van der Waals surface area contributed by atoms with Gasteiger partial charge in [0, 0.05) is 0 Å². The molecule has 2 aromatic rings. The first-order valence-electron chi connectivity index (χ1n) is 4.53. The SMILES string of the molecule is COc1ccc(C(=S)c2ccco2)cc1. The molecule has 0 atom stereocenters. The van der Waals surface area contributed by atoms with E-state index in [1.807, 2.05) is 36.4 Å². The Hall–Kier alpha value is -1.61. The van der Waals surface area contributed by atoms with Crippen LogP contribution in [0.2, 0.25) is 0 Å². The highest BCUT2D eigenvalue weighted by Crippen LogP contribution is 2.16. The molecule has 0 amide bonds. The van der Waals surface area contributed by atoms with Crippen molar-refractivity contribution in [2.24, 2.45) is 0 Å². The molecule has 2 nitrogen and oxygen atoms in total. The maximum atomic E-state index is 5.29. The van der Waals surface area contributed by atoms with Gasteiger partial charge < -0.3 is 9.15 Å². The van der Waals surface area contributed by atoms with E-state index < -0.39 is 0 Å². The van der Waals surface area contributed by atoms with E-state index in [-0.39, 0.29) is 0 Å². The van der Waals surface area contributed by atoms with Crippen LogP contribution < -0.4 is 4.74 Å².